The van der Waals surface area contributed by atoms with Gasteiger partial charge in [0.05, 0.1) is 5.75 Å². The molecule has 1 aliphatic carbocycles. The van der Waals surface area contributed by atoms with Crippen molar-refractivity contribution in [1.29, 1.82) is 0 Å². The third-order valence-corrected chi connectivity index (χ3v) is 6.25. The van der Waals surface area contributed by atoms with Gasteiger partial charge in [-0.2, -0.15) is 0 Å². The largest absolute Gasteiger partial charge is 0.339 e. The van der Waals surface area contributed by atoms with Crippen molar-refractivity contribution in [2.24, 2.45) is 0 Å². The van der Waals surface area contributed by atoms with E-state index >= 15 is 0 Å². The van der Waals surface area contributed by atoms with E-state index in [2.05, 4.69) is 50.9 Å². The van der Waals surface area contributed by atoms with Crippen molar-refractivity contribution in [1.82, 2.24) is 24.6 Å². The van der Waals surface area contributed by atoms with E-state index in [-0.39, 0.29) is 5.91 Å². The molecule has 144 valence electrons. The summed E-state index contributed by atoms with van der Waals surface area (Å²) in [4.78, 5) is 17.0. The molecule has 7 heteroatoms. The maximum Gasteiger partial charge on any atom is 0.233 e. The number of nitrogens with zero attached hydrogens (tertiary/aromatic N) is 5. The number of rotatable bonds is 7. The number of amides is 1. The van der Waals surface area contributed by atoms with Gasteiger partial charge in [0.25, 0.3) is 0 Å². The maximum absolute atomic E-state index is 12.6. The zero-order valence-corrected chi connectivity index (χ0v) is 16.7. The molecular weight excluding hydrogens is 358 g/mol. The summed E-state index contributed by atoms with van der Waals surface area (Å²) in [5.41, 5.74) is 1.33. The molecule has 2 aliphatic rings. The lowest BCUT2D eigenvalue weighted by atomic mass is 10.2. The lowest BCUT2D eigenvalue weighted by Gasteiger charge is -2.34. The average Bonchev–Trinajstić information content (AvgIpc) is 3.47. The molecule has 0 radical (unpaired) electrons. The van der Waals surface area contributed by atoms with Gasteiger partial charge in [-0.15, -0.1) is 10.2 Å². The van der Waals surface area contributed by atoms with Gasteiger partial charge < -0.3 is 9.47 Å². The summed E-state index contributed by atoms with van der Waals surface area (Å²) in [7, 11) is 0. The SMILES string of the molecule is CCn1c(SCC(=O)N2CCN(Cc3ccccc3)CC2)nnc1C1CC1. The fraction of sp³-hybridized carbons (Fsp3) is 0.550. The van der Waals surface area contributed by atoms with Gasteiger partial charge in [0.2, 0.25) is 5.91 Å². The zero-order chi connectivity index (χ0) is 18.6. The van der Waals surface area contributed by atoms with Crippen LogP contribution in [0.2, 0.25) is 0 Å². The highest BCUT2D eigenvalue weighted by atomic mass is 32.2. The van der Waals surface area contributed by atoms with Crippen LogP contribution < -0.4 is 0 Å². The van der Waals surface area contributed by atoms with Crippen LogP contribution in [0.3, 0.4) is 0 Å². The number of carbonyl (C=O) groups is 1. The minimum Gasteiger partial charge on any atom is -0.339 e. The minimum atomic E-state index is 0.206. The van der Waals surface area contributed by atoms with Crippen LogP contribution >= 0.6 is 11.8 Å². The highest BCUT2D eigenvalue weighted by Gasteiger charge is 2.30. The second-order valence-corrected chi connectivity index (χ2v) is 8.23. The summed E-state index contributed by atoms with van der Waals surface area (Å²) >= 11 is 1.53. The molecule has 0 bridgehead atoms. The molecule has 0 unspecified atom stereocenters. The second-order valence-electron chi connectivity index (χ2n) is 7.29. The molecule has 27 heavy (non-hydrogen) atoms. The highest BCUT2D eigenvalue weighted by Crippen LogP contribution is 2.39. The van der Waals surface area contributed by atoms with Gasteiger partial charge in [-0.25, -0.2) is 0 Å². The Morgan fingerprint density at radius 1 is 1.11 bits per heavy atom. The fourth-order valence-electron chi connectivity index (χ4n) is 3.56. The molecule has 1 aliphatic heterocycles. The summed E-state index contributed by atoms with van der Waals surface area (Å²) < 4.78 is 2.17. The van der Waals surface area contributed by atoms with Crippen LogP contribution in [0, 0.1) is 0 Å². The molecule has 1 saturated heterocycles. The van der Waals surface area contributed by atoms with Crippen molar-refractivity contribution < 1.29 is 4.79 Å². The standard InChI is InChI=1S/C20H27N5OS/c1-2-25-19(17-8-9-17)21-22-20(25)27-15-18(26)24-12-10-23(11-13-24)14-16-6-4-3-5-7-16/h3-7,17H,2,8-15H2,1H3. The molecule has 2 aromatic rings. The summed E-state index contributed by atoms with van der Waals surface area (Å²) in [5.74, 6) is 2.33. The first-order valence-corrected chi connectivity index (χ1v) is 10.8. The number of benzene rings is 1. The quantitative estimate of drug-likeness (QED) is 0.686. The van der Waals surface area contributed by atoms with Crippen molar-refractivity contribution in [3.8, 4) is 0 Å². The van der Waals surface area contributed by atoms with E-state index in [1.807, 2.05) is 11.0 Å². The Morgan fingerprint density at radius 2 is 1.85 bits per heavy atom. The Kier molecular flexibility index (Phi) is 5.78. The predicted molar refractivity (Wildman–Crippen MR) is 107 cm³/mol. The minimum absolute atomic E-state index is 0.206. The molecule has 2 fully saturated rings. The van der Waals surface area contributed by atoms with Crippen LogP contribution in [0.5, 0.6) is 0 Å². The van der Waals surface area contributed by atoms with Gasteiger partial charge >= 0.3 is 0 Å². The van der Waals surface area contributed by atoms with Gasteiger partial charge in [-0.05, 0) is 25.3 Å². The lowest BCUT2D eigenvalue weighted by Crippen LogP contribution is -2.48. The number of thioether (sulfide) groups is 1. The maximum atomic E-state index is 12.6. The molecule has 0 N–H and O–H groups in total. The van der Waals surface area contributed by atoms with Crippen molar-refractivity contribution >= 4 is 17.7 Å². The van der Waals surface area contributed by atoms with Crippen molar-refractivity contribution in [3.05, 3.63) is 41.7 Å². The van der Waals surface area contributed by atoms with Crippen molar-refractivity contribution in [3.63, 3.8) is 0 Å². The zero-order valence-electron chi connectivity index (χ0n) is 15.9. The first-order chi connectivity index (χ1) is 13.2. The van der Waals surface area contributed by atoms with Gasteiger partial charge in [-0.3, -0.25) is 9.69 Å². The Balaban J connectivity index is 1.25. The number of aromatic nitrogens is 3. The molecule has 4 rings (SSSR count). The van der Waals surface area contributed by atoms with Gasteiger partial charge in [-0.1, -0.05) is 42.1 Å². The van der Waals surface area contributed by atoms with Crippen LogP contribution in [0.1, 0.15) is 37.1 Å². The monoisotopic (exact) mass is 385 g/mol. The normalized spacial score (nSPS) is 18.0. The molecular formula is C20H27N5OS. The van der Waals surface area contributed by atoms with Crippen LogP contribution in [-0.4, -0.2) is 62.4 Å². The third-order valence-electron chi connectivity index (χ3n) is 5.30. The van der Waals surface area contributed by atoms with Gasteiger partial charge in [0.1, 0.15) is 5.82 Å². The predicted octanol–water partition coefficient (Wildman–Crippen LogP) is 2.61. The molecule has 2 heterocycles. The first-order valence-electron chi connectivity index (χ1n) is 9.84. The average molecular weight is 386 g/mol. The van der Waals surface area contributed by atoms with Crippen LogP contribution in [0.4, 0.5) is 0 Å². The van der Waals surface area contributed by atoms with E-state index in [9.17, 15) is 4.79 Å². The number of piperazine rings is 1. The molecule has 0 atom stereocenters. The smallest absolute Gasteiger partial charge is 0.233 e. The van der Waals surface area contributed by atoms with E-state index in [1.54, 1.807) is 0 Å². The van der Waals surface area contributed by atoms with Crippen molar-refractivity contribution in [2.45, 2.75) is 43.9 Å². The molecule has 1 amide bonds. The van der Waals surface area contributed by atoms with E-state index in [0.29, 0.717) is 11.7 Å². The first kappa shape index (κ1) is 18.5. The second kappa shape index (κ2) is 8.44. The summed E-state index contributed by atoms with van der Waals surface area (Å²) in [6.45, 7) is 7.42. The molecule has 1 aromatic heterocycles. The van der Waals surface area contributed by atoms with Crippen LogP contribution in [0.25, 0.3) is 0 Å². The van der Waals surface area contributed by atoms with Crippen molar-refractivity contribution in [2.75, 3.05) is 31.9 Å². The lowest BCUT2D eigenvalue weighted by molar-refractivity contribution is -0.130. The fourth-order valence-corrected chi connectivity index (χ4v) is 4.47. The van der Waals surface area contributed by atoms with E-state index in [0.717, 1.165) is 50.2 Å². The molecule has 1 saturated carbocycles. The van der Waals surface area contributed by atoms with E-state index in [1.165, 1.54) is 30.2 Å². The third kappa shape index (κ3) is 4.52. The van der Waals surface area contributed by atoms with E-state index in [4.69, 9.17) is 0 Å². The van der Waals surface area contributed by atoms with Crippen LogP contribution in [-0.2, 0) is 17.9 Å². The number of carbonyl (C=O) groups excluding carboxylic acids is 1. The van der Waals surface area contributed by atoms with Gasteiger partial charge in [0.15, 0.2) is 5.16 Å². The Morgan fingerprint density at radius 3 is 2.52 bits per heavy atom. The summed E-state index contributed by atoms with van der Waals surface area (Å²) in [6.07, 6.45) is 2.43. The van der Waals surface area contributed by atoms with Gasteiger partial charge in [0, 0.05) is 45.2 Å². The molecule has 6 nitrogen and oxygen atoms in total. The Bertz CT molecular complexity index is 766. The summed E-state index contributed by atoms with van der Waals surface area (Å²) in [5, 5.41) is 9.56. The Labute approximate surface area is 164 Å². The van der Waals surface area contributed by atoms with E-state index < -0.39 is 0 Å². The molecule has 1 aromatic carbocycles. The highest BCUT2D eigenvalue weighted by molar-refractivity contribution is 7.99. The Hall–Kier alpha value is -1.86. The topological polar surface area (TPSA) is 54.3 Å². The number of hydrogen-bond acceptors (Lipinski definition) is 5. The number of hydrogen-bond donors (Lipinski definition) is 0. The summed E-state index contributed by atoms with van der Waals surface area (Å²) in [6, 6.07) is 10.5. The molecule has 0 spiro atoms. The van der Waals surface area contributed by atoms with Crippen LogP contribution in [0.15, 0.2) is 35.5 Å².